The van der Waals surface area contributed by atoms with Crippen molar-refractivity contribution >= 4 is 23.2 Å². The van der Waals surface area contributed by atoms with Crippen LogP contribution in [0.2, 0.25) is 5.02 Å². The number of amides is 1. The van der Waals surface area contributed by atoms with Gasteiger partial charge in [0.1, 0.15) is 0 Å². The Hall–Kier alpha value is -1.55. The number of oxime groups is 1. The Morgan fingerprint density at radius 1 is 1.44 bits per heavy atom. The van der Waals surface area contributed by atoms with E-state index >= 15 is 0 Å². The van der Waals surface area contributed by atoms with Crippen molar-refractivity contribution in [3.8, 4) is 0 Å². The van der Waals surface area contributed by atoms with Crippen LogP contribution in [0.25, 0.3) is 0 Å². The lowest BCUT2D eigenvalue weighted by Crippen LogP contribution is -2.22. The highest BCUT2D eigenvalue weighted by molar-refractivity contribution is 6.30. The largest absolute Gasteiger partial charge is 0.385 e. The second kappa shape index (κ2) is 6.12. The molecule has 1 aromatic rings. The molecule has 0 bridgehead atoms. The average molecular weight is 241 g/mol. The Balaban J connectivity index is 2.56. The molecule has 1 amide bonds. The van der Waals surface area contributed by atoms with Crippen LogP contribution in [0.3, 0.4) is 0 Å². The molecule has 86 valence electrons. The van der Waals surface area contributed by atoms with E-state index < -0.39 is 0 Å². The minimum absolute atomic E-state index is 0.0819. The zero-order chi connectivity index (χ0) is 12.0. The van der Waals surface area contributed by atoms with Crippen LogP contribution in [0, 0.1) is 0 Å². The molecule has 0 fully saturated rings. The highest BCUT2D eigenvalue weighted by Gasteiger charge is 1.99. The minimum Gasteiger partial charge on any atom is -0.385 e. The third-order valence-electron chi connectivity index (χ3n) is 1.94. The number of hydrogen-bond acceptors (Lipinski definition) is 3. The molecular weight excluding hydrogens is 228 g/mol. The number of benzene rings is 1. The van der Waals surface area contributed by atoms with Gasteiger partial charge in [-0.15, -0.1) is 0 Å². The number of carbonyl (C=O) groups is 1. The number of likely N-dealkylation sites (N-methyl/N-ethyl adjacent to an activating group) is 1. The van der Waals surface area contributed by atoms with Gasteiger partial charge in [0.25, 0.3) is 5.91 Å². The molecule has 0 unspecified atom stereocenters. The average Bonchev–Trinajstić information content (AvgIpc) is 2.29. The van der Waals surface area contributed by atoms with E-state index in [1.165, 1.54) is 0 Å². The van der Waals surface area contributed by atoms with Crippen molar-refractivity contribution in [1.29, 1.82) is 0 Å². The van der Waals surface area contributed by atoms with Crippen LogP contribution in [0.1, 0.15) is 12.5 Å². The van der Waals surface area contributed by atoms with Crippen molar-refractivity contribution in [3.63, 3.8) is 0 Å². The first-order valence-electron chi connectivity index (χ1n) is 4.76. The Kier molecular flexibility index (Phi) is 4.79. The molecule has 0 saturated heterocycles. The molecule has 0 saturated carbocycles. The number of nitrogens with zero attached hydrogens (tertiary/aromatic N) is 1. The van der Waals surface area contributed by atoms with Crippen LogP contribution in [0.4, 0.5) is 0 Å². The van der Waals surface area contributed by atoms with Crippen molar-refractivity contribution in [3.05, 3.63) is 34.9 Å². The SMILES string of the molecule is CNC(=O)CO/N=C(\C)c1ccc(Cl)cc1. The van der Waals surface area contributed by atoms with Gasteiger partial charge >= 0.3 is 0 Å². The maximum Gasteiger partial charge on any atom is 0.260 e. The van der Waals surface area contributed by atoms with E-state index in [9.17, 15) is 4.79 Å². The number of nitrogens with one attached hydrogen (secondary N) is 1. The fraction of sp³-hybridized carbons (Fsp3) is 0.273. The van der Waals surface area contributed by atoms with E-state index in [0.29, 0.717) is 10.7 Å². The second-order valence-corrected chi connectivity index (χ2v) is 3.57. The van der Waals surface area contributed by atoms with Gasteiger partial charge in [-0.1, -0.05) is 28.9 Å². The van der Waals surface area contributed by atoms with E-state index in [1.54, 1.807) is 26.1 Å². The van der Waals surface area contributed by atoms with E-state index in [-0.39, 0.29) is 12.5 Å². The summed E-state index contributed by atoms with van der Waals surface area (Å²) in [4.78, 5) is 15.7. The summed E-state index contributed by atoms with van der Waals surface area (Å²) < 4.78 is 0. The summed E-state index contributed by atoms with van der Waals surface area (Å²) in [5.74, 6) is -0.215. The minimum atomic E-state index is -0.215. The molecule has 1 rings (SSSR count). The van der Waals surface area contributed by atoms with Crippen molar-refractivity contribution < 1.29 is 9.63 Å². The lowest BCUT2D eigenvalue weighted by molar-refractivity contribution is -0.125. The van der Waals surface area contributed by atoms with Gasteiger partial charge in [0, 0.05) is 12.1 Å². The third-order valence-corrected chi connectivity index (χ3v) is 2.19. The van der Waals surface area contributed by atoms with Gasteiger partial charge < -0.3 is 10.2 Å². The Morgan fingerprint density at radius 2 is 2.06 bits per heavy atom. The first-order chi connectivity index (χ1) is 7.63. The van der Waals surface area contributed by atoms with E-state index in [0.717, 1.165) is 5.56 Å². The fourth-order valence-corrected chi connectivity index (χ4v) is 1.13. The maximum absolute atomic E-state index is 10.9. The van der Waals surface area contributed by atoms with Crippen molar-refractivity contribution in [2.24, 2.45) is 5.16 Å². The predicted molar refractivity (Wildman–Crippen MR) is 63.7 cm³/mol. The van der Waals surface area contributed by atoms with Crippen LogP contribution in [0.5, 0.6) is 0 Å². The molecule has 0 aromatic heterocycles. The molecule has 5 heteroatoms. The van der Waals surface area contributed by atoms with Crippen LogP contribution in [-0.2, 0) is 9.63 Å². The fourth-order valence-electron chi connectivity index (χ4n) is 1.00. The molecule has 0 heterocycles. The highest BCUT2D eigenvalue weighted by Crippen LogP contribution is 2.10. The normalized spacial score (nSPS) is 11.1. The molecular formula is C11H13ClN2O2. The van der Waals surface area contributed by atoms with Crippen molar-refractivity contribution in [1.82, 2.24) is 5.32 Å². The first-order valence-corrected chi connectivity index (χ1v) is 5.14. The van der Waals surface area contributed by atoms with Crippen LogP contribution >= 0.6 is 11.6 Å². The maximum atomic E-state index is 10.9. The zero-order valence-electron chi connectivity index (χ0n) is 9.16. The van der Waals surface area contributed by atoms with Crippen LogP contribution < -0.4 is 5.32 Å². The van der Waals surface area contributed by atoms with Gasteiger partial charge in [0.05, 0.1) is 5.71 Å². The van der Waals surface area contributed by atoms with E-state index in [1.807, 2.05) is 12.1 Å². The topological polar surface area (TPSA) is 50.7 Å². The first kappa shape index (κ1) is 12.5. The molecule has 0 radical (unpaired) electrons. The quantitative estimate of drug-likeness (QED) is 0.645. The smallest absolute Gasteiger partial charge is 0.260 e. The van der Waals surface area contributed by atoms with Gasteiger partial charge in [0.2, 0.25) is 0 Å². The monoisotopic (exact) mass is 240 g/mol. The standard InChI is InChI=1S/C11H13ClN2O2/c1-8(14-16-7-11(15)13-2)9-3-5-10(12)6-4-9/h3-6H,7H2,1-2H3,(H,13,15)/b14-8+. The summed E-state index contributed by atoms with van der Waals surface area (Å²) in [5.41, 5.74) is 1.60. The molecule has 0 atom stereocenters. The Bertz CT molecular complexity index is 387. The van der Waals surface area contributed by atoms with E-state index in [2.05, 4.69) is 10.5 Å². The summed E-state index contributed by atoms with van der Waals surface area (Å²) in [5, 5.41) is 6.93. The zero-order valence-corrected chi connectivity index (χ0v) is 9.91. The molecule has 0 aliphatic heterocycles. The van der Waals surface area contributed by atoms with Gasteiger partial charge in [-0.3, -0.25) is 4.79 Å². The van der Waals surface area contributed by atoms with Gasteiger partial charge in [-0.05, 0) is 24.6 Å². The lowest BCUT2D eigenvalue weighted by Gasteiger charge is -2.02. The molecule has 0 aliphatic carbocycles. The van der Waals surface area contributed by atoms with Crippen molar-refractivity contribution in [2.45, 2.75) is 6.92 Å². The summed E-state index contributed by atoms with van der Waals surface area (Å²) >= 11 is 5.76. The summed E-state index contributed by atoms with van der Waals surface area (Å²) in [6, 6.07) is 7.22. The summed E-state index contributed by atoms with van der Waals surface area (Å²) in [7, 11) is 1.54. The van der Waals surface area contributed by atoms with Crippen LogP contribution in [0.15, 0.2) is 29.4 Å². The summed E-state index contributed by atoms with van der Waals surface area (Å²) in [6.45, 7) is 1.72. The number of carbonyl (C=O) groups excluding carboxylic acids is 1. The number of halogens is 1. The Morgan fingerprint density at radius 3 is 2.62 bits per heavy atom. The summed E-state index contributed by atoms with van der Waals surface area (Å²) in [6.07, 6.45) is 0. The molecule has 0 aliphatic rings. The number of hydrogen-bond donors (Lipinski definition) is 1. The molecule has 0 spiro atoms. The highest BCUT2D eigenvalue weighted by atomic mass is 35.5. The van der Waals surface area contributed by atoms with Gasteiger partial charge in [-0.2, -0.15) is 0 Å². The van der Waals surface area contributed by atoms with Gasteiger partial charge in [0.15, 0.2) is 6.61 Å². The van der Waals surface area contributed by atoms with Crippen LogP contribution in [-0.4, -0.2) is 25.3 Å². The third kappa shape index (κ3) is 3.90. The second-order valence-electron chi connectivity index (χ2n) is 3.13. The molecule has 4 nitrogen and oxygen atoms in total. The van der Waals surface area contributed by atoms with Crippen molar-refractivity contribution in [2.75, 3.05) is 13.7 Å². The Labute approximate surface area is 99.2 Å². The lowest BCUT2D eigenvalue weighted by atomic mass is 10.1. The molecule has 1 aromatic carbocycles. The predicted octanol–water partition coefficient (Wildman–Crippen LogP) is 1.83. The number of rotatable bonds is 4. The molecule has 16 heavy (non-hydrogen) atoms. The van der Waals surface area contributed by atoms with E-state index in [4.69, 9.17) is 16.4 Å². The molecule has 1 N–H and O–H groups in total. The van der Waals surface area contributed by atoms with Gasteiger partial charge in [-0.25, -0.2) is 0 Å².